The number of amides is 1. The number of hydrogen-bond donors (Lipinski definition) is 1. The lowest BCUT2D eigenvalue weighted by Gasteiger charge is -2.06. The minimum absolute atomic E-state index is 0.0587. The molecular formula is C16H16ClN5O. The Hall–Kier alpha value is -2.08. The van der Waals surface area contributed by atoms with Crippen LogP contribution in [0.15, 0.2) is 18.3 Å². The van der Waals surface area contributed by atoms with Crippen molar-refractivity contribution < 1.29 is 4.79 Å². The number of aryl methyl sites for hydroxylation is 1. The zero-order valence-electron chi connectivity index (χ0n) is 12.7. The van der Waals surface area contributed by atoms with Gasteiger partial charge in [-0.25, -0.2) is 19.9 Å². The van der Waals surface area contributed by atoms with E-state index < -0.39 is 0 Å². The monoisotopic (exact) mass is 329 g/mol. The summed E-state index contributed by atoms with van der Waals surface area (Å²) in [5, 5.41) is 3.22. The Balaban J connectivity index is 1.45. The van der Waals surface area contributed by atoms with E-state index in [9.17, 15) is 4.79 Å². The third-order valence-corrected chi connectivity index (χ3v) is 4.37. The van der Waals surface area contributed by atoms with Crippen LogP contribution in [0.4, 0.5) is 5.82 Å². The van der Waals surface area contributed by atoms with E-state index in [-0.39, 0.29) is 17.7 Å². The zero-order valence-corrected chi connectivity index (χ0v) is 13.4. The first-order valence-corrected chi connectivity index (χ1v) is 8.13. The molecule has 118 valence electrons. The molecule has 4 rings (SSSR count). The van der Waals surface area contributed by atoms with E-state index in [1.807, 2.05) is 13.0 Å². The van der Waals surface area contributed by atoms with Gasteiger partial charge in [-0.05, 0) is 32.3 Å². The molecule has 2 aliphatic carbocycles. The van der Waals surface area contributed by atoms with Gasteiger partial charge in [-0.3, -0.25) is 4.79 Å². The van der Waals surface area contributed by atoms with Crippen molar-refractivity contribution in [1.29, 1.82) is 0 Å². The molecule has 2 fully saturated rings. The van der Waals surface area contributed by atoms with E-state index in [0.29, 0.717) is 16.9 Å². The molecule has 0 aliphatic heterocycles. The molecule has 2 aromatic heterocycles. The molecular weight excluding hydrogens is 314 g/mol. The molecule has 6 nitrogen and oxygen atoms in total. The van der Waals surface area contributed by atoms with Crippen molar-refractivity contribution in [2.75, 3.05) is 5.32 Å². The van der Waals surface area contributed by atoms with Crippen LogP contribution in [-0.4, -0.2) is 25.8 Å². The van der Waals surface area contributed by atoms with Gasteiger partial charge >= 0.3 is 0 Å². The maximum absolute atomic E-state index is 12.4. The predicted molar refractivity (Wildman–Crippen MR) is 85.3 cm³/mol. The van der Waals surface area contributed by atoms with E-state index >= 15 is 0 Å². The summed E-state index contributed by atoms with van der Waals surface area (Å²) < 4.78 is 0. The SMILES string of the molecule is Cc1ccnc([C@H]2C[C@@H]2C(=O)Nc2cc(Cl)nc(C3CC3)n2)n1. The number of nitrogens with one attached hydrogen (secondary N) is 1. The lowest BCUT2D eigenvalue weighted by Crippen LogP contribution is -2.16. The van der Waals surface area contributed by atoms with Crippen molar-refractivity contribution >= 4 is 23.3 Å². The molecule has 23 heavy (non-hydrogen) atoms. The summed E-state index contributed by atoms with van der Waals surface area (Å²) in [7, 11) is 0. The number of carbonyl (C=O) groups is 1. The third kappa shape index (κ3) is 3.17. The minimum atomic E-state index is -0.102. The Morgan fingerprint density at radius 3 is 2.83 bits per heavy atom. The second kappa shape index (κ2) is 5.53. The van der Waals surface area contributed by atoms with Gasteiger partial charge in [0.05, 0.1) is 0 Å². The van der Waals surface area contributed by atoms with Crippen LogP contribution in [0.5, 0.6) is 0 Å². The van der Waals surface area contributed by atoms with Crippen LogP contribution in [0.2, 0.25) is 5.15 Å². The number of carbonyl (C=O) groups excluding carboxylic acids is 1. The molecule has 0 saturated heterocycles. The normalized spacial score (nSPS) is 22.7. The summed E-state index contributed by atoms with van der Waals surface area (Å²) in [4.78, 5) is 29.7. The van der Waals surface area contributed by atoms with Gasteiger partial charge in [-0.1, -0.05) is 11.6 Å². The Morgan fingerprint density at radius 1 is 1.26 bits per heavy atom. The molecule has 7 heteroatoms. The minimum Gasteiger partial charge on any atom is -0.310 e. The van der Waals surface area contributed by atoms with Crippen molar-refractivity contribution in [3.8, 4) is 0 Å². The first-order chi connectivity index (χ1) is 11.1. The fraction of sp³-hybridized carbons (Fsp3) is 0.438. The molecule has 2 aliphatic rings. The lowest BCUT2D eigenvalue weighted by atomic mass is 10.2. The average molecular weight is 330 g/mol. The lowest BCUT2D eigenvalue weighted by molar-refractivity contribution is -0.117. The van der Waals surface area contributed by atoms with Crippen LogP contribution >= 0.6 is 11.6 Å². The molecule has 0 radical (unpaired) electrons. The molecule has 0 bridgehead atoms. The molecule has 1 N–H and O–H groups in total. The maximum Gasteiger partial charge on any atom is 0.229 e. The number of aromatic nitrogens is 4. The van der Waals surface area contributed by atoms with Crippen LogP contribution in [0.3, 0.4) is 0 Å². The molecule has 0 unspecified atom stereocenters. The van der Waals surface area contributed by atoms with Gasteiger partial charge in [0.25, 0.3) is 0 Å². The summed E-state index contributed by atoms with van der Waals surface area (Å²) in [5.41, 5.74) is 0.915. The van der Waals surface area contributed by atoms with Crippen molar-refractivity contribution in [3.63, 3.8) is 0 Å². The second-order valence-electron chi connectivity index (χ2n) is 6.20. The predicted octanol–water partition coefficient (Wildman–Crippen LogP) is 2.85. The molecule has 2 heterocycles. The summed E-state index contributed by atoms with van der Waals surface area (Å²) in [6, 6.07) is 3.44. The highest BCUT2D eigenvalue weighted by Crippen LogP contribution is 2.46. The fourth-order valence-electron chi connectivity index (χ4n) is 2.66. The van der Waals surface area contributed by atoms with Gasteiger partial charge in [0.2, 0.25) is 5.91 Å². The van der Waals surface area contributed by atoms with Gasteiger partial charge in [0.15, 0.2) is 0 Å². The molecule has 2 atom stereocenters. The first kappa shape index (κ1) is 14.5. The van der Waals surface area contributed by atoms with E-state index in [2.05, 4.69) is 25.3 Å². The van der Waals surface area contributed by atoms with Crippen molar-refractivity contribution in [3.05, 3.63) is 40.8 Å². The summed E-state index contributed by atoms with van der Waals surface area (Å²) >= 11 is 6.02. The standard InChI is InChI=1S/C16H16ClN5O/c1-8-4-5-18-15(19-8)10-6-11(10)16(23)22-13-7-12(17)20-14(21-13)9-2-3-9/h4-5,7,9-11H,2-3,6H2,1H3,(H,20,21,22,23)/t10-,11-/m0/s1. The van der Waals surface area contributed by atoms with Crippen LogP contribution in [0.1, 0.15) is 48.4 Å². The highest BCUT2D eigenvalue weighted by molar-refractivity contribution is 6.29. The van der Waals surface area contributed by atoms with Crippen molar-refractivity contribution in [2.24, 2.45) is 5.92 Å². The summed E-state index contributed by atoms with van der Waals surface area (Å²) in [6.45, 7) is 1.92. The summed E-state index contributed by atoms with van der Waals surface area (Å²) in [6.07, 6.45) is 4.67. The van der Waals surface area contributed by atoms with E-state index in [1.165, 1.54) is 0 Å². The topological polar surface area (TPSA) is 80.7 Å². The Kier molecular flexibility index (Phi) is 3.49. The molecule has 1 amide bonds. The molecule has 2 aromatic rings. The summed E-state index contributed by atoms with van der Waals surface area (Å²) in [5.74, 6) is 2.26. The number of halogens is 1. The van der Waals surface area contributed by atoms with Gasteiger partial charge in [-0.15, -0.1) is 0 Å². The Bertz CT molecular complexity index is 777. The average Bonchev–Trinajstić information content (AvgIpc) is 3.38. The number of nitrogens with zero attached hydrogens (tertiary/aromatic N) is 4. The van der Waals surface area contributed by atoms with Crippen LogP contribution < -0.4 is 5.32 Å². The van der Waals surface area contributed by atoms with E-state index in [4.69, 9.17) is 11.6 Å². The van der Waals surface area contributed by atoms with Gasteiger partial charge in [-0.2, -0.15) is 0 Å². The second-order valence-corrected chi connectivity index (χ2v) is 6.59. The Labute approximate surface area is 138 Å². The number of anilines is 1. The van der Waals surface area contributed by atoms with Crippen LogP contribution in [0, 0.1) is 12.8 Å². The smallest absolute Gasteiger partial charge is 0.229 e. The Morgan fingerprint density at radius 2 is 2.09 bits per heavy atom. The first-order valence-electron chi connectivity index (χ1n) is 7.75. The largest absolute Gasteiger partial charge is 0.310 e. The zero-order chi connectivity index (χ0) is 16.0. The van der Waals surface area contributed by atoms with Gasteiger partial charge < -0.3 is 5.32 Å². The third-order valence-electron chi connectivity index (χ3n) is 4.18. The van der Waals surface area contributed by atoms with E-state index in [1.54, 1.807) is 12.3 Å². The maximum atomic E-state index is 12.4. The number of rotatable bonds is 4. The van der Waals surface area contributed by atoms with Crippen molar-refractivity contribution in [2.45, 2.75) is 38.0 Å². The van der Waals surface area contributed by atoms with E-state index in [0.717, 1.165) is 36.6 Å². The van der Waals surface area contributed by atoms with Gasteiger partial charge in [0, 0.05) is 35.7 Å². The van der Waals surface area contributed by atoms with Crippen LogP contribution in [0.25, 0.3) is 0 Å². The fourth-order valence-corrected chi connectivity index (χ4v) is 2.85. The quantitative estimate of drug-likeness (QED) is 0.872. The van der Waals surface area contributed by atoms with Crippen LogP contribution in [-0.2, 0) is 4.79 Å². The van der Waals surface area contributed by atoms with Crippen molar-refractivity contribution in [1.82, 2.24) is 19.9 Å². The highest BCUT2D eigenvalue weighted by Gasteiger charge is 2.46. The van der Waals surface area contributed by atoms with Gasteiger partial charge in [0.1, 0.15) is 22.6 Å². The molecule has 0 spiro atoms. The number of hydrogen-bond acceptors (Lipinski definition) is 5. The highest BCUT2D eigenvalue weighted by atomic mass is 35.5. The molecule has 2 saturated carbocycles. The molecule has 0 aromatic carbocycles.